The summed E-state index contributed by atoms with van der Waals surface area (Å²) in [6.45, 7) is 0. The molecule has 1 aliphatic carbocycles. The Morgan fingerprint density at radius 3 is 2.84 bits per heavy atom. The van der Waals surface area contributed by atoms with Crippen molar-refractivity contribution in [2.24, 2.45) is 0 Å². The van der Waals surface area contributed by atoms with Gasteiger partial charge in [-0.3, -0.25) is 0 Å². The summed E-state index contributed by atoms with van der Waals surface area (Å²) >= 11 is 11.9. The second-order valence-electron chi connectivity index (χ2n) is 5.07. The third-order valence-corrected chi connectivity index (χ3v) is 4.46. The van der Waals surface area contributed by atoms with Gasteiger partial charge in [0.25, 0.3) is 0 Å². The zero-order chi connectivity index (χ0) is 13.5. The third-order valence-electron chi connectivity index (χ3n) is 3.72. The number of benzene rings is 1. The van der Waals surface area contributed by atoms with Gasteiger partial charge < -0.3 is 9.52 Å². The summed E-state index contributed by atoms with van der Waals surface area (Å²) in [5.41, 5.74) is 1.02. The molecule has 100 valence electrons. The van der Waals surface area contributed by atoms with Crippen molar-refractivity contribution in [3.8, 4) is 0 Å². The minimum Gasteiger partial charge on any atom is -0.469 e. The van der Waals surface area contributed by atoms with Crippen molar-refractivity contribution in [3.05, 3.63) is 57.5 Å². The van der Waals surface area contributed by atoms with Gasteiger partial charge in [-0.1, -0.05) is 29.3 Å². The molecule has 0 spiro atoms. The highest BCUT2D eigenvalue weighted by Crippen LogP contribution is 2.39. The number of aryl methyl sites for hydroxylation is 1. The molecule has 1 aromatic heterocycles. The van der Waals surface area contributed by atoms with Crippen LogP contribution in [0.3, 0.4) is 0 Å². The molecule has 0 bridgehead atoms. The maximum absolute atomic E-state index is 10.9. The van der Waals surface area contributed by atoms with Crippen molar-refractivity contribution in [2.45, 2.75) is 31.3 Å². The highest BCUT2D eigenvalue weighted by atomic mass is 35.5. The molecule has 1 unspecified atom stereocenters. The van der Waals surface area contributed by atoms with Crippen LogP contribution in [0.15, 0.2) is 34.9 Å². The van der Waals surface area contributed by atoms with Crippen LogP contribution in [0.1, 0.15) is 29.7 Å². The van der Waals surface area contributed by atoms with Crippen LogP contribution in [0, 0.1) is 0 Å². The molecule has 1 heterocycles. The average molecular weight is 297 g/mol. The highest BCUT2D eigenvalue weighted by Gasteiger charge is 2.36. The van der Waals surface area contributed by atoms with Crippen LogP contribution in [0.25, 0.3) is 0 Å². The van der Waals surface area contributed by atoms with Gasteiger partial charge in [-0.2, -0.15) is 0 Å². The molecule has 2 aromatic rings. The van der Waals surface area contributed by atoms with Crippen molar-refractivity contribution in [1.82, 2.24) is 0 Å². The molecule has 1 atom stereocenters. The van der Waals surface area contributed by atoms with E-state index in [1.165, 1.54) is 0 Å². The molecule has 4 heteroatoms. The van der Waals surface area contributed by atoms with Crippen LogP contribution in [-0.2, 0) is 18.4 Å². The standard InChI is InChI=1S/C15H14Cl2O2/c16-12-4-3-10(8-13(12)17)9-15(18)6-1-2-14-11(15)5-7-19-14/h3-5,7-8,18H,1-2,6,9H2. The molecule has 0 saturated carbocycles. The molecule has 2 nitrogen and oxygen atoms in total. The lowest BCUT2D eigenvalue weighted by atomic mass is 9.79. The number of aliphatic hydroxyl groups is 1. The predicted molar refractivity (Wildman–Crippen MR) is 75.7 cm³/mol. The lowest BCUT2D eigenvalue weighted by molar-refractivity contribution is 0.0169. The molecule has 0 amide bonds. The third kappa shape index (κ3) is 2.40. The van der Waals surface area contributed by atoms with Gasteiger partial charge in [-0.05, 0) is 36.6 Å². The van der Waals surface area contributed by atoms with E-state index < -0.39 is 5.60 Å². The Labute approximate surface area is 122 Å². The van der Waals surface area contributed by atoms with E-state index in [-0.39, 0.29) is 0 Å². The first kappa shape index (κ1) is 13.0. The summed E-state index contributed by atoms with van der Waals surface area (Å²) in [5, 5.41) is 11.9. The smallest absolute Gasteiger partial charge is 0.109 e. The minimum atomic E-state index is -0.863. The largest absolute Gasteiger partial charge is 0.469 e. The summed E-state index contributed by atoms with van der Waals surface area (Å²) in [6, 6.07) is 7.35. The fourth-order valence-corrected chi connectivity index (χ4v) is 3.12. The van der Waals surface area contributed by atoms with Crippen LogP contribution in [0.2, 0.25) is 10.0 Å². The number of halogens is 2. The summed E-state index contributed by atoms with van der Waals surface area (Å²) in [6.07, 6.45) is 4.73. The van der Waals surface area contributed by atoms with E-state index in [0.717, 1.165) is 36.1 Å². The van der Waals surface area contributed by atoms with Crippen LogP contribution in [0.5, 0.6) is 0 Å². The van der Waals surface area contributed by atoms with Gasteiger partial charge in [-0.15, -0.1) is 0 Å². The van der Waals surface area contributed by atoms with Crippen molar-refractivity contribution in [2.75, 3.05) is 0 Å². The first-order chi connectivity index (χ1) is 9.08. The van der Waals surface area contributed by atoms with E-state index >= 15 is 0 Å². The zero-order valence-corrected chi connectivity index (χ0v) is 11.8. The van der Waals surface area contributed by atoms with E-state index in [4.69, 9.17) is 27.6 Å². The first-order valence-corrected chi connectivity index (χ1v) is 7.07. The van der Waals surface area contributed by atoms with E-state index in [1.807, 2.05) is 18.2 Å². The Morgan fingerprint density at radius 2 is 2.05 bits per heavy atom. The summed E-state index contributed by atoms with van der Waals surface area (Å²) < 4.78 is 5.42. The molecule has 3 rings (SSSR count). The number of hydrogen-bond acceptors (Lipinski definition) is 2. The quantitative estimate of drug-likeness (QED) is 0.893. The monoisotopic (exact) mass is 296 g/mol. The molecule has 1 aromatic carbocycles. The van der Waals surface area contributed by atoms with Gasteiger partial charge in [0.1, 0.15) is 5.76 Å². The van der Waals surface area contributed by atoms with E-state index in [0.29, 0.717) is 16.5 Å². The Balaban J connectivity index is 1.93. The second-order valence-corrected chi connectivity index (χ2v) is 5.88. The van der Waals surface area contributed by atoms with E-state index in [9.17, 15) is 5.11 Å². The molecular weight excluding hydrogens is 283 g/mol. The Kier molecular flexibility index (Phi) is 3.34. The normalized spacial score (nSPS) is 22.3. The summed E-state index contributed by atoms with van der Waals surface area (Å²) in [5.74, 6) is 0.897. The van der Waals surface area contributed by atoms with Gasteiger partial charge in [-0.25, -0.2) is 0 Å². The molecule has 1 aliphatic rings. The molecule has 0 saturated heterocycles. The number of fused-ring (bicyclic) bond motifs is 1. The second kappa shape index (κ2) is 4.86. The number of hydrogen-bond donors (Lipinski definition) is 1. The van der Waals surface area contributed by atoms with Crippen LogP contribution in [-0.4, -0.2) is 5.11 Å². The fraction of sp³-hybridized carbons (Fsp3) is 0.333. The topological polar surface area (TPSA) is 33.4 Å². The predicted octanol–water partition coefficient (Wildman–Crippen LogP) is 4.35. The highest BCUT2D eigenvalue weighted by molar-refractivity contribution is 6.42. The van der Waals surface area contributed by atoms with Crippen molar-refractivity contribution < 1.29 is 9.52 Å². The number of furan rings is 1. The maximum Gasteiger partial charge on any atom is 0.109 e. The minimum absolute atomic E-state index is 0.519. The lowest BCUT2D eigenvalue weighted by Gasteiger charge is -2.32. The molecule has 1 N–H and O–H groups in total. The molecular formula is C15H14Cl2O2. The Morgan fingerprint density at radius 1 is 1.21 bits per heavy atom. The molecule has 0 aliphatic heterocycles. The average Bonchev–Trinajstić information content (AvgIpc) is 2.84. The van der Waals surface area contributed by atoms with Crippen LogP contribution < -0.4 is 0 Å². The molecule has 0 fully saturated rings. The van der Waals surface area contributed by atoms with Crippen LogP contribution in [0.4, 0.5) is 0 Å². The maximum atomic E-state index is 10.9. The van der Waals surface area contributed by atoms with Gasteiger partial charge in [0.15, 0.2) is 0 Å². The van der Waals surface area contributed by atoms with Gasteiger partial charge in [0, 0.05) is 18.4 Å². The summed E-state index contributed by atoms with van der Waals surface area (Å²) in [4.78, 5) is 0. The summed E-state index contributed by atoms with van der Waals surface area (Å²) in [7, 11) is 0. The molecule has 19 heavy (non-hydrogen) atoms. The number of rotatable bonds is 2. The zero-order valence-electron chi connectivity index (χ0n) is 10.3. The Bertz CT molecular complexity index is 606. The van der Waals surface area contributed by atoms with E-state index in [2.05, 4.69) is 0 Å². The lowest BCUT2D eigenvalue weighted by Crippen LogP contribution is -2.32. The van der Waals surface area contributed by atoms with E-state index in [1.54, 1.807) is 12.3 Å². The molecule has 0 radical (unpaired) electrons. The fourth-order valence-electron chi connectivity index (χ4n) is 2.80. The first-order valence-electron chi connectivity index (χ1n) is 6.32. The Hall–Kier alpha value is -0.960. The van der Waals surface area contributed by atoms with Crippen molar-refractivity contribution in [1.29, 1.82) is 0 Å². The van der Waals surface area contributed by atoms with Gasteiger partial charge in [0.2, 0.25) is 0 Å². The van der Waals surface area contributed by atoms with Crippen LogP contribution >= 0.6 is 23.2 Å². The van der Waals surface area contributed by atoms with Gasteiger partial charge in [0.05, 0.1) is 21.9 Å². The van der Waals surface area contributed by atoms with Crippen molar-refractivity contribution in [3.63, 3.8) is 0 Å². The van der Waals surface area contributed by atoms with Crippen molar-refractivity contribution >= 4 is 23.2 Å². The van der Waals surface area contributed by atoms with Gasteiger partial charge >= 0.3 is 0 Å². The SMILES string of the molecule is OC1(Cc2ccc(Cl)c(Cl)c2)CCCc2occc21.